The van der Waals surface area contributed by atoms with Gasteiger partial charge in [0.25, 0.3) is 5.91 Å². The van der Waals surface area contributed by atoms with Gasteiger partial charge in [0.1, 0.15) is 5.60 Å². The molecule has 24 heavy (non-hydrogen) atoms. The highest BCUT2D eigenvalue weighted by Gasteiger charge is 2.55. The molecule has 0 aliphatic carbocycles. The molecule has 2 saturated heterocycles. The van der Waals surface area contributed by atoms with Crippen LogP contribution in [0.25, 0.3) is 0 Å². The number of carbonyl (C=O) groups is 1. The first-order valence-electron chi connectivity index (χ1n) is 8.01. The summed E-state index contributed by atoms with van der Waals surface area (Å²) in [6.07, 6.45) is 5.79. The largest absolute Gasteiger partial charge is 0.477 e. The summed E-state index contributed by atoms with van der Waals surface area (Å²) in [5.41, 5.74) is -0.306. The Kier molecular flexibility index (Phi) is 3.86. The molecule has 0 radical (unpaired) electrons. The number of aromatic nitrogens is 3. The number of pyridine rings is 1. The van der Waals surface area contributed by atoms with Crippen molar-refractivity contribution in [3.05, 3.63) is 48.7 Å². The standard InChI is InChI=1S/C17H18N4O3/c22-16(15-19-7-3-8-20-15)21-11-17(12-21)13(5-9-24-17)10-23-14-4-1-2-6-18-14/h1-4,6-8,13H,5,9-12H2/t13-/m1/s1. The molecule has 4 heterocycles. The summed E-state index contributed by atoms with van der Waals surface area (Å²) in [4.78, 5) is 26.3. The Bertz CT molecular complexity index is 704. The summed E-state index contributed by atoms with van der Waals surface area (Å²) in [5, 5.41) is 0. The van der Waals surface area contributed by atoms with Crippen molar-refractivity contribution in [2.75, 3.05) is 26.3 Å². The molecule has 2 fully saturated rings. The number of amides is 1. The molecular weight excluding hydrogens is 308 g/mol. The fraction of sp³-hybridized carbons (Fsp3) is 0.412. The average molecular weight is 326 g/mol. The van der Waals surface area contributed by atoms with Crippen LogP contribution in [0.15, 0.2) is 42.9 Å². The number of likely N-dealkylation sites (tertiary alicyclic amines) is 1. The summed E-state index contributed by atoms with van der Waals surface area (Å²) < 4.78 is 11.7. The lowest BCUT2D eigenvalue weighted by Gasteiger charge is -2.49. The van der Waals surface area contributed by atoms with Crippen LogP contribution in [0, 0.1) is 5.92 Å². The zero-order valence-corrected chi connectivity index (χ0v) is 13.2. The first-order chi connectivity index (χ1) is 11.8. The molecule has 2 aliphatic rings. The van der Waals surface area contributed by atoms with Crippen LogP contribution in [-0.2, 0) is 4.74 Å². The lowest BCUT2D eigenvalue weighted by atomic mass is 9.81. The van der Waals surface area contributed by atoms with Gasteiger partial charge in [0.15, 0.2) is 0 Å². The molecule has 0 unspecified atom stereocenters. The first-order valence-corrected chi connectivity index (χ1v) is 8.01. The summed E-state index contributed by atoms with van der Waals surface area (Å²) in [6.45, 7) is 2.35. The Morgan fingerprint density at radius 1 is 1.21 bits per heavy atom. The van der Waals surface area contributed by atoms with Gasteiger partial charge in [-0.2, -0.15) is 0 Å². The Hall–Kier alpha value is -2.54. The quantitative estimate of drug-likeness (QED) is 0.840. The van der Waals surface area contributed by atoms with E-state index in [9.17, 15) is 4.79 Å². The van der Waals surface area contributed by atoms with Gasteiger partial charge in [0, 0.05) is 37.2 Å². The lowest BCUT2D eigenvalue weighted by molar-refractivity contribution is -0.122. The molecule has 0 bridgehead atoms. The maximum Gasteiger partial charge on any atom is 0.291 e. The van der Waals surface area contributed by atoms with Crippen molar-refractivity contribution in [2.45, 2.75) is 12.0 Å². The number of ether oxygens (including phenoxy) is 2. The normalized spacial score (nSPS) is 21.5. The molecule has 2 aromatic rings. The fourth-order valence-corrected chi connectivity index (χ4v) is 3.28. The molecule has 2 aliphatic heterocycles. The van der Waals surface area contributed by atoms with Gasteiger partial charge in [-0.25, -0.2) is 15.0 Å². The van der Waals surface area contributed by atoms with E-state index in [-0.39, 0.29) is 23.3 Å². The molecule has 4 rings (SSSR count). The highest BCUT2D eigenvalue weighted by atomic mass is 16.5. The zero-order chi connectivity index (χ0) is 16.4. The van der Waals surface area contributed by atoms with Gasteiger partial charge >= 0.3 is 0 Å². The van der Waals surface area contributed by atoms with Crippen molar-refractivity contribution < 1.29 is 14.3 Å². The molecule has 7 nitrogen and oxygen atoms in total. The molecule has 0 aromatic carbocycles. The van der Waals surface area contributed by atoms with Gasteiger partial charge in [-0.15, -0.1) is 0 Å². The predicted molar refractivity (Wildman–Crippen MR) is 84.5 cm³/mol. The van der Waals surface area contributed by atoms with Crippen LogP contribution in [0.1, 0.15) is 17.0 Å². The summed E-state index contributed by atoms with van der Waals surface area (Å²) in [5.74, 6) is 0.942. The van der Waals surface area contributed by atoms with Crippen molar-refractivity contribution in [2.24, 2.45) is 5.92 Å². The minimum Gasteiger partial charge on any atom is -0.477 e. The van der Waals surface area contributed by atoms with Crippen molar-refractivity contribution >= 4 is 5.91 Å². The van der Waals surface area contributed by atoms with Gasteiger partial charge in [0.2, 0.25) is 11.7 Å². The van der Waals surface area contributed by atoms with Crippen molar-refractivity contribution in [3.8, 4) is 5.88 Å². The van der Waals surface area contributed by atoms with E-state index in [1.165, 1.54) is 0 Å². The summed E-state index contributed by atoms with van der Waals surface area (Å²) in [7, 11) is 0. The number of hydrogen-bond acceptors (Lipinski definition) is 6. The van der Waals surface area contributed by atoms with Gasteiger partial charge in [0.05, 0.1) is 19.7 Å². The second kappa shape index (κ2) is 6.16. The van der Waals surface area contributed by atoms with E-state index in [1.54, 1.807) is 29.6 Å². The second-order valence-corrected chi connectivity index (χ2v) is 6.11. The minimum absolute atomic E-state index is 0.152. The van der Waals surface area contributed by atoms with Gasteiger partial charge in [-0.3, -0.25) is 4.79 Å². The van der Waals surface area contributed by atoms with Crippen LogP contribution in [0.3, 0.4) is 0 Å². The number of rotatable bonds is 4. The predicted octanol–water partition coefficient (Wildman–Crippen LogP) is 1.18. The zero-order valence-electron chi connectivity index (χ0n) is 13.2. The SMILES string of the molecule is O=C(c1ncccn1)N1CC2(C1)OCC[C@@H]2COc1ccccn1. The maximum absolute atomic E-state index is 12.4. The molecular formula is C17H18N4O3. The third-order valence-electron chi connectivity index (χ3n) is 4.63. The van der Waals surface area contributed by atoms with Crippen LogP contribution in [-0.4, -0.2) is 57.7 Å². The monoisotopic (exact) mass is 326 g/mol. The Morgan fingerprint density at radius 3 is 2.75 bits per heavy atom. The molecule has 1 spiro atoms. The number of nitrogens with zero attached hydrogens (tertiary/aromatic N) is 4. The molecule has 124 valence electrons. The van der Waals surface area contributed by atoms with Crippen LogP contribution >= 0.6 is 0 Å². The smallest absolute Gasteiger partial charge is 0.291 e. The van der Waals surface area contributed by atoms with Gasteiger partial charge in [-0.1, -0.05) is 6.07 Å². The Balaban J connectivity index is 1.37. The van der Waals surface area contributed by atoms with Crippen molar-refractivity contribution in [1.29, 1.82) is 0 Å². The topological polar surface area (TPSA) is 77.4 Å². The average Bonchev–Trinajstić information content (AvgIpc) is 3.04. The van der Waals surface area contributed by atoms with E-state index in [4.69, 9.17) is 9.47 Å². The molecule has 1 amide bonds. The molecule has 7 heteroatoms. The van der Waals surface area contributed by atoms with Crippen molar-refractivity contribution in [1.82, 2.24) is 19.9 Å². The highest BCUT2D eigenvalue weighted by molar-refractivity contribution is 5.91. The summed E-state index contributed by atoms with van der Waals surface area (Å²) in [6, 6.07) is 7.28. The molecule has 0 N–H and O–H groups in total. The van der Waals surface area contributed by atoms with Crippen LogP contribution < -0.4 is 4.74 Å². The van der Waals surface area contributed by atoms with E-state index in [0.717, 1.165) is 6.42 Å². The first kappa shape index (κ1) is 15.0. The minimum atomic E-state index is -0.306. The number of hydrogen-bond donors (Lipinski definition) is 0. The fourth-order valence-electron chi connectivity index (χ4n) is 3.28. The van der Waals surface area contributed by atoms with Crippen molar-refractivity contribution in [3.63, 3.8) is 0 Å². The molecule has 1 atom stereocenters. The third kappa shape index (κ3) is 2.71. The van der Waals surface area contributed by atoms with E-state index in [2.05, 4.69) is 15.0 Å². The van der Waals surface area contributed by atoms with E-state index in [0.29, 0.717) is 32.2 Å². The van der Waals surface area contributed by atoms with Gasteiger partial charge in [-0.05, 0) is 18.6 Å². The maximum atomic E-state index is 12.4. The van der Waals surface area contributed by atoms with E-state index < -0.39 is 0 Å². The van der Waals surface area contributed by atoms with Gasteiger partial charge < -0.3 is 14.4 Å². The lowest BCUT2D eigenvalue weighted by Crippen LogP contribution is -2.66. The van der Waals surface area contributed by atoms with Crippen LogP contribution in [0.4, 0.5) is 0 Å². The molecule has 2 aromatic heterocycles. The summed E-state index contributed by atoms with van der Waals surface area (Å²) >= 11 is 0. The van der Waals surface area contributed by atoms with Crippen LogP contribution in [0.2, 0.25) is 0 Å². The van der Waals surface area contributed by atoms with E-state index in [1.807, 2.05) is 18.2 Å². The molecule has 0 saturated carbocycles. The van der Waals surface area contributed by atoms with Crippen LogP contribution in [0.5, 0.6) is 5.88 Å². The Morgan fingerprint density at radius 2 is 2.00 bits per heavy atom. The Labute approximate surface area is 139 Å². The third-order valence-corrected chi connectivity index (χ3v) is 4.63. The second-order valence-electron chi connectivity index (χ2n) is 6.11. The number of carbonyl (C=O) groups excluding carboxylic acids is 1. The highest BCUT2D eigenvalue weighted by Crippen LogP contribution is 2.40. The van der Waals surface area contributed by atoms with E-state index >= 15 is 0 Å².